The van der Waals surface area contributed by atoms with Gasteiger partial charge in [-0.2, -0.15) is 0 Å². The van der Waals surface area contributed by atoms with Gasteiger partial charge in [-0.15, -0.1) is 11.3 Å². The number of ether oxygens (including phenoxy) is 1. The van der Waals surface area contributed by atoms with E-state index < -0.39 is 0 Å². The van der Waals surface area contributed by atoms with Crippen LogP contribution in [0.4, 0.5) is 0 Å². The van der Waals surface area contributed by atoms with Crippen molar-refractivity contribution >= 4 is 23.2 Å². The molecular formula is C19H27N3O3S. The Hall–Kier alpha value is -1.47. The third-order valence-electron chi connectivity index (χ3n) is 5.49. The summed E-state index contributed by atoms with van der Waals surface area (Å²) in [5, 5.41) is 6.21. The number of carbonyl (C=O) groups excluding carboxylic acids is 2. The lowest BCUT2D eigenvalue weighted by Gasteiger charge is -2.33. The number of hydrogen-bond donors (Lipinski definition) is 1. The van der Waals surface area contributed by atoms with Crippen LogP contribution in [-0.2, 0) is 20.7 Å². The smallest absolute Gasteiger partial charge is 0.251 e. The Morgan fingerprint density at radius 2 is 2.15 bits per heavy atom. The molecular weight excluding hydrogens is 350 g/mol. The van der Waals surface area contributed by atoms with Crippen LogP contribution in [0, 0.1) is 5.92 Å². The minimum atomic E-state index is -0.226. The minimum Gasteiger partial charge on any atom is -0.368 e. The van der Waals surface area contributed by atoms with E-state index in [4.69, 9.17) is 9.72 Å². The fraction of sp³-hybridized carbons (Fsp3) is 0.737. The van der Waals surface area contributed by atoms with Crippen molar-refractivity contribution in [3.8, 4) is 0 Å². The molecule has 0 bridgehead atoms. The van der Waals surface area contributed by atoms with E-state index in [9.17, 15) is 9.59 Å². The molecule has 3 heterocycles. The summed E-state index contributed by atoms with van der Waals surface area (Å²) in [6.45, 7) is 2.96. The zero-order chi connectivity index (χ0) is 17.9. The van der Waals surface area contributed by atoms with Crippen LogP contribution in [0.3, 0.4) is 0 Å². The van der Waals surface area contributed by atoms with E-state index in [1.54, 1.807) is 11.3 Å². The zero-order valence-electron chi connectivity index (χ0n) is 15.1. The standard InChI is InChI=1S/C19H27N3O3S/c23-17(13-5-6-13)20-8-7-15-12-26-18(21-15)14-3-1-9-22(11-14)19(24)16-4-2-10-25-16/h12-14,16H,1-11H2,(H,20,23). The van der Waals surface area contributed by atoms with E-state index in [1.165, 1.54) is 0 Å². The highest BCUT2D eigenvalue weighted by molar-refractivity contribution is 7.09. The molecule has 1 aromatic rings. The van der Waals surface area contributed by atoms with E-state index in [1.807, 2.05) is 4.90 Å². The van der Waals surface area contributed by atoms with E-state index in [2.05, 4.69) is 10.7 Å². The molecule has 26 heavy (non-hydrogen) atoms. The van der Waals surface area contributed by atoms with Gasteiger partial charge in [0.1, 0.15) is 6.10 Å². The number of amides is 2. The Labute approximate surface area is 158 Å². The Morgan fingerprint density at radius 1 is 1.27 bits per heavy atom. The van der Waals surface area contributed by atoms with Gasteiger partial charge in [-0.3, -0.25) is 9.59 Å². The molecule has 3 aliphatic rings. The summed E-state index contributed by atoms with van der Waals surface area (Å²) in [6, 6.07) is 0. The largest absolute Gasteiger partial charge is 0.368 e. The Balaban J connectivity index is 1.28. The third-order valence-corrected chi connectivity index (χ3v) is 6.54. The molecule has 2 unspecified atom stereocenters. The highest BCUT2D eigenvalue weighted by Gasteiger charge is 2.33. The van der Waals surface area contributed by atoms with Crippen molar-refractivity contribution in [3.63, 3.8) is 0 Å². The maximum absolute atomic E-state index is 12.6. The minimum absolute atomic E-state index is 0.159. The topological polar surface area (TPSA) is 71.5 Å². The normalized spacial score (nSPS) is 26.1. The van der Waals surface area contributed by atoms with Crippen molar-refractivity contribution in [2.75, 3.05) is 26.2 Å². The predicted molar refractivity (Wildman–Crippen MR) is 99.1 cm³/mol. The van der Waals surface area contributed by atoms with Crippen LogP contribution in [0.1, 0.15) is 55.1 Å². The fourth-order valence-electron chi connectivity index (χ4n) is 3.78. The average Bonchev–Trinajstić information content (AvgIpc) is 3.18. The van der Waals surface area contributed by atoms with Gasteiger partial charge in [0.25, 0.3) is 5.91 Å². The summed E-state index contributed by atoms with van der Waals surface area (Å²) in [6.07, 6.45) is 6.58. The van der Waals surface area contributed by atoms with Crippen molar-refractivity contribution in [3.05, 3.63) is 16.1 Å². The second kappa shape index (κ2) is 8.05. The van der Waals surface area contributed by atoms with Gasteiger partial charge in [-0.05, 0) is 38.5 Å². The maximum Gasteiger partial charge on any atom is 0.251 e. The highest BCUT2D eigenvalue weighted by Crippen LogP contribution is 2.31. The average molecular weight is 378 g/mol. The molecule has 2 aliphatic heterocycles. The molecule has 0 aromatic carbocycles. The van der Waals surface area contributed by atoms with Gasteiger partial charge in [0.15, 0.2) is 0 Å². The van der Waals surface area contributed by atoms with Crippen LogP contribution < -0.4 is 5.32 Å². The first-order valence-corrected chi connectivity index (χ1v) is 10.7. The summed E-state index contributed by atoms with van der Waals surface area (Å²) in [4.78, 5) is 31.0. The monoisotopic (exact) mass is 377 g/mol. The van der Waals surface area contributed by atoms with Gasteiger partial charge < -0.3 is 15.0 Å². The van der Waals surface area contributed by atoms with Gasteiger partial charge >= 0.3 is 0 Å². The fourth-order valence-corrected chi connectivity index (χ4v) is 4.77. The number of rotatable bonds is 6. The molecule has 6 nitrogen and oxygen atoms in total. The zero-order valence-corrected chi connectivity index (χ0v) is 15.9. The van der Waals surface area contributed by atoms with Crippen molar-refractivity contribution < 1.29 is 14.3 Å². The molecule has 3 fully saturated rings. The molecule has 1 aromatic heterocycles. The van der Waals surface area contributed by atoms with Crippen molar-refractivity contribution in [2.45, 2.75) is 57.0 Å². The number of aromatic nitrogens is 1. The highest BCUT2D eigenvalue weighted by atomic mass is 32.1. The summed E-state index contributed by atoms with van der Waals surface area (Å²) < 4.78 is 5.56. The quantitative estimate of drug-likeness (QED) is 0.824. The third kappa shape index (κ3) is 4.26. The van der Waals surface area contributed by atoms with Crippen LogP contribution in [0.2, 0.25) is 0 Å². The van der Waals surface area contributed by atoms with Crippen LogP contribution in [0.25, 0.3) is 0 Å². The lowest BCUT2D eigenvalue weighted by Crippen LogP contribution is -2.44. The van der Waals surface area contributed by atoms with Crippen LogP contribution in [0.5, 0.6) is 0 Å². The van der Waals surface area contributed by atoms with Gasteiger partial charge in [0, 0.05) is 49.9 Å². The second-order valence-electron chi connectivity index (χ2n) is 7.62. The van der Waals surface area contributed by atoms with Gasteiger partial charge in [-0.1, -0.05) is 0 Å². The number of nitrogens with zero attached hydrogens (tertiary/aromatic N) is 2. The van der Waals surface area contributed by atoms with Crippen molar-refractivity contribution in [2.24, 2.45) is 5.92 Å². The molecule has 0 spiro atoms. The van der Waals surface area contributed by atoms with Crippen molar-refractivity contribution in [1.29, 1.82) is 0 Å². The molecule has 2 atom stereocenters. The van der Waals surface area contributed by atoms with Crippen molar-refractivity contribution in [1.82, 2.24) is 15.2 Å². The summed E-state index contributed by atoms with van der Waals surface area (Å²) in [5.74, 6) is 0.937. The summed E-state index contributed by atoms with van der Waals surface area (Å²) >= 11 is 1.69. The second-order valence-corrected chi connectivity index (χ2v) is 8.51. The Morgan fingerprint density at radius 3 is 2.92 bits per heavy atom. The Kier molecular flexibility index (Phi) is 5.55. The Bertz CT molecular complexity index is 652. The number of piperidine rings is 1. The van der Waals surface area contributed by atoms with Gasteiger partial charge in [0.05, 0.1) is 10.7 Å². The lowest BCUT2D eigenvalue weighted by molar-refractivity contribution is -0.142. The lowest BCUT2D eigenvalue weighted by atomic mass is 9.98. The van der Waals surface area contributed by atoms with Gasteiger partial charge in [0.2, 0.25) is 5.91 Å². The molecule has 1 saturated carbocycles. The molecule has 2 saturated heterocycles. The molecule has 7 heteroatoms. The first kappa shape index (κ1) is 17.9. The van der Waals surface area contributed by atoms with Crippen LogP contribution in [-0.4, -0.2) is 54.0 Å². The number of hydrogen-bond acceptors (Lipinski definition) is 5. The molecule has 1 N–H and O–H groups in total. The maximum atomic E-state index is 12.6. The van der Waals surface area contributed by atoms with Crippen LogP contribution >= 0.6 is 11.3 Å². The first-order chi connectivity index (χ1) is 12.7. The summed E-state index contributed by atoms with van der Waals surface area (Å²) in [7, 11) is 0. The van der Waals surface area contributed by atoms with Crippen LogP contribution in [0.15, 0.2) is 5.38 Å². The van der Waals surface area contributed by atoms with E-state index in [-0.39, 0.29) is 23.8 Å². The van der Waals surface area contributed by atoms with E-state index in [0.29, 0.717) is 19.1 Å². The molecule has 4 rings (SSSR count). The van der Waals surface area contributed by atoms with E-state index in [0.717, 1.165) is 68.7 Å². The number of nitrogens with one attached hydrogen (secondary N) is 1. The van der Waals surface area contributed by atoms with Gasteiger partial charge in [-0.25, -0.2) is 4.98 Å². The predicted octanol–water partition coefficient (Wildman–Crippen LogP) is 2.10. The number of likely N-dealkylation sites (tertiary alicyclic amines) is 1. The molecule has 2 amide bonds. The first-order valence-electron chi connectivity index (χ1n) is 9.83. The number of carbonyl (C=O) groups is 2. The molecule has 0 radical (unpaired) electrons. The molecule has 142 valence electrons. The summed E-state index contributed by atoms with van der Waals surface area (Å²) in [5.41, 5.74) is 1.05. The molecule has 1 aliphatic carbocycles. The number of thiazole rings is 1. The SMILES string of the molecule is O=C(NCCc1csc(C2CCCN(C(=O)C3CCCO3)C2)n1)C1CC1. The van der Waals surface area contributed by atoms with E-state index >= 15 is 0 Å².